The van der Waals surface area contributed by atoms with Crippen LogP contribution < -0.4 is 4.74 Å². The normalized spacial score (nSPS) is 11.6. The van der Waals surface area contributed by atoms with Gasteiger partial charge >= 0.3 is 21.1 Å². The molecule has 4 aromatic carbocycles. The van der Waals surface area contributed by atoms with Crippen molar-refractivity contribution >= 4 is 21.8 Å². The van der Waals surface area contributed by atoms with Crippen LogP contribution in [0.4, 0.5) is 0 Å². The van der Waals surface area contributed by atoms with Gasteiger partial charge in [0.25, 0.3) is 0 Å². The van der Waals surface area contributed by atoms with Gasteiger partial charge in [0, 0.05) is 35.0 Å². The summed E-state index contributed by atoms with van der Waals surface area (Å²) in [5, 5.41) is 7.01. The van der Waals surface area contributed by atoms with Gasteiger partial charge in [-0.25, -0.2) is 4.98 Å². The number of aromatic nitrogens is 4. The Morgan fingerprint density at radius 3 is 2.28 bits per heavy atom. The van der Waals surface area contributed by atoms with E-state index in [4.69, 9.17) is 9.84 Å². The minimum absolute atomic E-state index is 0. The number of nitrogens with zero attached hydrogens (tertiary/aromatic N) is 4. The van der Waals surface area contributed by atoms with Crippen LogP contribution in [0, 0.1) is 19.1 Å². The van der Waals surface area contributed by atoms with Crippen LogP contribution in [0.1, 0.15) is 56.9 Å². The average Bonchev–Trinajstić information content (AvgIpc) is 3.67. The molecule has 0 amide bonds. The maximum atomic E-state index is 6.38. The summed E-state index contributed by atoms with van der Waals surface area (Å²) in [5.74, 6) is 2.06. The fourth-order valence-electron chi connectivity index (χ4n) is 6.27. The summed E-state index contributed by atoms with van der Waals surface area (Å²) in [4.78, 5) is 4.69. The molecule has 0 saturated heterocycles. The molecule has 0 radical (unpaired) electrons. The molecule has 3 heterocycles. The van der Waals surface area contributed by atoms with Crippen molar-refractivity contribution in [2.45, 2.75) is 59.8 Å². The molecule has 47 heavy (non-hydrogen) atoms. The van der Waals surface area contributed by atoms with Crippen LogP contribution in [0.25, 0.3) is 44.4 Å². The first-order chi connectivity index (χ1) is 22.2. The van der Waals surface area contributed by atoms with Gasteiger partial charge in [0.1, 0.15) is 5.82 Å². The van der Waals surface area contributed by atoms with Gasteiger partial charge in [-0.3, -0.25) is 4.68 Å². The Kier molecular flexibility index (Phi) is 8.96. The van der Waals surface area contributed by atoms with Crippen LogP contribution in [0.2, 0.25) is 0 Å². The van der Waals surface area contributed by atoms with Crippen molar-refractivity contribution < 1.29 is 25.8 Å². The molecule has 0 aliphatic carbocycles. The van der Waals surface area contributed by atoms with Crippen molar-refractivity contribution in [3.63, 3.8) is 0 Å². The first kappa shape index (κ1) is 32.5. The van der Waals surface area contributed by atoms with Gasteiger partial charge in [-0.2, -0.15) is 17.2 Å². The first-order valence-electron chi connectivity index (χ1n) is 16.0. The minimum atomic E-state index is 0. The van der Waals surface area contributed by atoms with E-state index in [1.807, 2.05) is 47.4 Å². The molecule has 0 atom stereocenters. The second-order valence-corrected chi connectivity index (χ2v) is 12.9. The summed E-state index contributed by atoms with van der Waals surface area (Å²) in [6, 6.07) is 34.1. The molecule has 6 heteroatoms. The molecule has 0 fully saturated rings. The molecular formula is C41H38N4OPt. The number of hydrogen-bond donors (Lipinski definition) is 0. The van der Waals surface area contributed by atoms with Crippen LogP contribution in [0.5, 0.6) is 11.5 Å². The van der Waals surface area contributed by atoms with E-state index in [9.17, 15) is 0 Å². The van der Waals surface area contributed by atoms with Crippen molar-refractivity contribution in [1.29, 1.82) is 0 Å². The molecule has 0 aliphatic rings. The molecule has 7 aromatic rings. The molecule has 5 nitrogen and oxygen atoms in total. The van der Waals surface area contributed by atoms with Crippen LogP contribution in [-0.4, -0.2) is 19.3 Å². The maximum Gasteiger partial charge on any atom is 2.00 e. The monoisotopic (exact) mass is 797 g/mol. The number of ether oxygens (including phenoxy) is 1. The zero-order valence-electron chi connectivity index (χ0n) is 27.7. The van der Waals surface area contributed by atoms with E-state index in [1.165, 1.54) is 22.3 Å². The fraction of sp³-hybridized carbons (Fsp3) is 0.220. The molecule has 0 saturated carbocycles. The second kappa shape index (κ2) is 13.0. The zero-order chi connectivity index (χ0) is 32.0. The summed E-state index contributed by atoms with van der Waals surface area (Å²) in [7, 11) is 0. The number of hydrogen-bond acceptors (Lipinski definition) is 3. The van der Waals surface area contributed by atoms with Crippen LogP contribution in [0.15, 0.2) is 97.5 Å². The second-order valence-electron chi connectivity index (χ2n) is 12.9. The van der Waals surface area contributed by atoms with Gasteiger partial charge < -0.3 is 9.30 Å². The third-order valence-corrected chi connectivity index (χ3v) is 8.71. The average molecular weight is 798 g/mol. The molecule has 238 valence electrons. The standard InChI is InChI=1S/C41H38N4O.Pt/c1-7-28-21-31(41(4,5)6)22-29(8-2)40(28)30-25-43-44(26-30)32-12-11-13-33(23-32)46-34-16-17-36-35-14-9-10-15-37(35)45(38(36)24-34)39-20-27(3)18-19-42-39;/h9-22,25-26H,7-8H2,1-6H3;/q-2;+2. The van der Waals surface area contributed by atoms with E-state index < -0.39 is 0 Å². The number of fused-ring (bicyclic) bond motifs is 3. The molecule has 0 bridgehead atoms. The molecule has 0 unspecified atom stereocenters. The summed E-state index contributed by atoms with van der Waals surface area (Å²) < 4.78 is 10.4. The van der Waals surface area contributed by atoms with E-state index in [0.29, 0.717) is 11.5 Å². The van der Waals surface area contributed by atoms with Crippen molar-refractivity contribution in [1.82, 2.24) is 19.3 Å². The Bertz CT molecular complexity index is 2190. The Morgan fingerprint density at radius 1 is 0.809 bits per heavy atom. The number of rotatable bonds is 7. The van der Waals surface area contributed by atoms with Crippen LogP contribution in [-0.2, 0) is 39.3 Å². The Hall–Kier alpha value is -4.47. The smallest absolute Gasteiger partial charge is 0.509 e. The first-order valence-corrected chi connectivity index (χ1v) is 16.0. The van der Waals surface area contributed by atoms with Crippen molar-refractivity contribution in [3.8, 4) is 34.1 Å². The fourth-order valence-corrected chi connectivity index (χ4v) is 6.27. The SMILES string of the molecule is CCc1cc(C(C)(C)C)cc(CC)c1-c1cnn(-c2[c-]c(Oc3[c-]c4c(cc3)c3ccccc3n4-c3cc(C)ccn3)ccc2)c1.[Pt+2]. The number of pyridine rings is 1. The number of aryl methyl sites for hydroxylation is 3. The van der Waals surface area contributed by atoms with Crippen molar-refractivity contribution in [2.24, 2.45) is 0 Å². The summed E-state index contributed by atoms with van der Waals surface area (Å²) in [5.41, 5.74) is 10.5. The van der Waals surface area contributed by atoms with Crippen LogP contribution >= 0.6 is 0 Å². The number of para-hydroxylation sites is 1. The molecule has 0 spiro atoms. The minimum Gasteiger partial charge on any atom is -0.509 e. The topological polar surface area (TPSA) is 44.9 Å². The predicted octanol–water partition coefficient (Wildman–Crippen LogP) is 10.2. The summed E-state index contributed by atoms with van der Waals surface area (Å²) >= 11 is 0. The van der Waals surface area contributed by atoms with E-state index in [-0.39, 0.29) is 26.5 Å². The van der Waals surface area contributed by atoms with Gasteiger partial charge in [0.2, 0.25) is 0 Å². The van der Waals surface area contributed by atoms with Crippen molar-refractivity contribution in [3.05, 3.63) is 132 Å². The molecule has 0 N–H and O–H groups in total. The molecule has 7 rings (SSSR count). The Balaban J connectivity index is 0.00000386. The largest absolute Gasteiger partial charge is 2.00 e. The van der Waals surface area contributed by atoms with E-state index in [1.54, 1.807) is 0 Å². The zero-order valence-corrected chi connectivity index (χ0v) is 29.9. The maximum absolute atomic E-state index is 6.38. The van der Waals surface area contributed by atoms with Crippen molar-refractivity contribution in [2.75, 3.05) is 0 Å². The van der Waals surface area contributed by atoms with Gasteiger partial charge in [-0.05, 0) is 82.3 Å². The van der Waals surface area contributed by atoms with Gasteiger partial charge in [-0.1, -0.05) is 70.5 Å². The third kappa shape index (κ3) is 6.17. The Labute approximate surface area is 291 Å². The van der Waals surface area contributed by atoms with Gasteiger partial charge in [0.05, 0.1) is 6.20 Å². The predicted molar refractivity (Wildman–Crippen MR) is 188 cm³/mol. The van der Waals surface area contributed by atoms with Gasteiger partial charge in [-0.15, -0.1) is 35.7 Å². The van der Waals surface area contributed by atoms with Gasteiger partial charge in [0.15, 0.2) is 0 Å². The molecule has 3 aromatic heterocycles. The molecule has 0 aliphatic heterocycles. The summed E-state index contributed by atoms with van der Waals surface area (Å²) in [6.07, 6.45) is 7.84. The van der Waals surface area contributed by atoms with Crippen LogP contribution in [0.3, 0.4) is 0 Å². The summed E-state index contributed by atoms with van der Waals surface area (Å²) in [6.45, 7) is 13.4. The van der Waals surface area contributed by atoms with E-state index in [2.05, 4.69) is 118 Å². The Morgan fingerprint density at radius 2 is 1.55 bits per heavy atom. The van der Waals surface area contributed by atoms with E-state index >= 15 is 0 Å². The third-order valence-electron chi connectivity index (χ3n) is 8.71. The van der Waals surface area contributed by atoms with E-state index in [0.717, 1.165) is 57.3 Å². The number of benzene rings is 4. The molecular weight excluding hydrogens is 760 g/mol. The quantitative estimate of drug-likeness (QED) is 0.151.